The zero-order valence-corrected chi connectivity index (χ0v) is 18.5. The number of hydrogen-bond donors (Lipinski definition) is 0. The van der Waals surface area contributed by atoms with Crippen LogP contribution in [-0.2, 0) is 5.75 Å². The molecule has 0 unspecified atom stereocenters. The lowest BCUT2D eigenvalue weighted by Gasteiger charge is -2.16. The van der Waals surface area contributed by atoms with E-state index < -0.39 is 0 Å². The molecule has 0 spiro atoms. The number of rotatable bonds is 10. The minimum absolute atomic E-state index is 0.527. The molecular weight excluding hydrogens is 396 g/mol. The van der Waals surface area contributed by atoms with E-state index >= 15 is 0 Å². The van der Waals surface area contributed by atoms with E-state index in [2.05, 4.69) is 24.0 Å². The second-order valence-electron chi connectivity index (χ2n) is 6.18. The van der Waals surface area contributed by atoms with Crippen LogP contribution in [0.25, 0.3) is 15.5 Å². The molecule has 0 aliphatic heterocycles. The maximum Gasteiger partial charge on any atom is 0.235 e. The summed E-state index contributed by atoms with van der Waals surface area (Å²) in [5.74, 6) is 3.59. The second-order valence-corrected chi connectivity index (χ2v) is 8.70. The molecule has 0 atom stereocenters. The van der Waals surface area contributed by atoms with E-state index in [9.17, 15) is 0 Å². The van der Waals surface area contributed by atoms with Crippen LogP contribution in [0.2, 0.25) is 0 Å². The van der Waals surface area contributed by atoms with Gasteiger partial charge in [-0.05, 0) is 38.2 Å². The van der Waals surface area contributed by atoms with Gasteiger partial charge in [0.15, 0.2) is 17.3 Å². The van der Waals surface area contributed by atoms with Crippen LogP contribution in [-0.4, -0.2) is 44.9 Å². The molecule has 7 nitrogen and oxygen atoms in total. The zero-order chi connectivity index (χ0) is 20.1. The molecule has 0 N–H and O–H groups in total. The summed E-state index contributed by atoms with van der Waals surface area (Å²) in [7, 11) is 0. The van der Waals surface area contributed by atoms with Gasteiger partial charge >= 0.3 is 0 Å². The highest BCUT2D eigenvalue weighted by atomic mass is 32.2. The third-order valence-electron chi connectivity index (χ3n) is 3.76. The number of ether oxygens (including phenoxy) is 3. The second kappa shape index (κ2) is 9.47. The summed E-state index contributed by atoms with van der Waals surface area (Å²) in [6.45, 7) is 11.8. The standard InChI is InChI=1S/C19H26N4O3S2/c1-6-24-14-9-13(10-15(25-7-2)17(14)26-8-3)18-22-23-16(11-27-12(4)5)20-21-19(23)28-18/h9-10,12H,6-8,11H2,1-5H3. The van der Waals surface area contributed by atoms with Gasteiger partial charge in [0.25, 0.3) is 0 Å². The molecule has 9 heteroatoms. The van der Waals surface area contributed by atoms with Gasteiger partial charge < -0.3 is 14.2 Å². The summed E-state index contributed by atoms with van der Waals surface area (Å²) < 4.78 is 19.2. The molecule has 3 rings (SSSR count). The molecule has 0 fully saturated rings. The van der Waals surface area contributed by atoms with Crippen molar-refractivity contribution in [3.63, 3.8) is 0 Å². The van der Waals surface area contributed by atoms with Gasteiger partial charge in [-0.15, -0.1) is 10.2 Å². The Hall–Kier alpha value is -2.00. The molecule has 3 aromatic rings. The highest BCUT2D eigenvalue weighted by Gasteiger charge is 2.19. The van der Waals surface area contributed by atoms with Crippen LogP contribution in [0.3, 0.4) is 0 Å². The third-order valence-corrected chi connectivity index (χ3v) is 5.80. The average Bonchev–Trinajstić information content (AvgIpc) is 3.24. The van der Waals surface area contributed by atoms with Crippen molar-refractivity contribution >= 4 is 28.1 Å². The molecule has 28 heavy (non-hydrogen) atoms. The smallest absolute Gasteiger partial charge is 0.235 e. The van der Waals surface area contributed by atoms with Crippen LogP contribution < -0.4 is 14.2 Å². The minimum atomic E-state index is 0.527. The number of benzene rings is 1. The Bertz CT molecular complexity index is 896. The molecule has 0 amide bonds. The van der Waals surface area contributed by atoms with E-state index in [0.717, 1.165) is 27.1 Å². The SMILES string of the molecule is CCOc1cc(-c2nn3c(CSC(C)C)nnc3s2)cc(OCC)c1OCC. The average molecular weight is 423 g/mol. The summed E-state index contributed by atoms with van der Waals surface area (Å²) in [4.78, 5) is 0.777. The van der Waals surface area contributed by atoms with Crippen LogP contribution in [0.5, 0.6) is 17.2 Å². The molecule has 0 aliphatic carbocycles. The molecule has 2 aromatic heterocycles. The highest BCUT2D eigenvalue weighted by Crippen LogP contribution is 2.42. The minimum Gasteiger partial charge on any atom is -0.490 e. The largest absolute Gasteiger partial charge is 0.490 e. The van der Waals surface area contributed by atoms with Gasteiger partial charge in [-0.25, -0.2) is 0 Å². The Kier molecular flexibility index (Phi) is 7.01. The predicted octanol–water partition coefficient (Wildman–Crippen LogP) is 4.69. The van der Waals surface area contributed by atoms with Crippen molar-refractivity contribution in [1.29, 1.82) is 0 Å². The molecule has 152 valence electrons. The van der Waals surface area contributed by atoms with Crippen LogP contribution in [0, 0.1) is 0 Å². The van der Waals surface area contributed by atoms with E-state index in [1.807, 2.05) is 49.2 Å². The zero-order valence-electron chi connectivity index (χ0n) is 16.9. The van der Waals surface area contributed by atoms with Crippen molar-refractivity contribution in [1.82, 2.24) is 19.8 Å². The molecule has 2 heterocycles. The van der Waals surface area contributed by atoms with Gasteiger partial charge in [-0.2, -0.15) is 21.4 Å². The van der Waals surface area contributed by atoms with Crippen molar-refractivity contribution < 1.29 is 14.2 Å². The van der Waals surface area contributed by atoms with Crippen LogP contribution in [0.1, 0.15) is 40.4 Å². The van der Waals surface area contributed by atoms with Gasteiger partial charge in [-0.1, -0.05) is 25.2 Å². The normalized spacial score (nSPS) is 11.4. The van der Waals surface area contributed by atoms with Gasteiger partial charge in [0.05, 0.1) is 25.6 Å². The van der Waals surface area contributed by atoms with Crippen LogP contribution in [0.4, 0.5) is 0 Å². The summed E-state index contributed by atoms with van der Waals surface area (Å²) in [6.07, 6.45) is 0. The number of hydrogen-bond acceptors (Lipinski definition) is 8. The van der Waals surface area contributed by atoms with Crippen LogP contribution >= 0.6 is 23.1 Å². The monoisotopic (exact) mass is 422 g/mol. The van der Waals surface area contributed by atoms with Crippen molar-refractivity contribution in [3.05, 3.63) is 18.0 Å². The van der Waals surface area contributed by atoms with E-state index in [-0.39, 0.29) is 0 Å². The first-order chi connectivity index (χ1) is 13.6. The summed E-state index contributed by atoms with van der Waals surface area (Å²) in [5.41, 5.74) is 0.910. The first-order valence-electron chi connectivity index (χ1n) is 9.46. The topological polar surface area (TPSA) is 70.8 Å². The van der Waals surface area contributed by atoms with Crippen molar-refractivity contribution in [2.24, 2.45) is 0 Å². The van der Waals surface area contributed by atoms with Gasteiger partial charge in [0, 0.05) is 5.56 Å². The van der Waals surface area contributed by atoms with Gasteiger partial charge in [0.1, 0.15) is 5.01 Å². The summed E-state index contributed by atoms with van der Waals surface area (Å²) in [6, 6.07) is 3.90. The third kappa shape index (κ3) is 4.52. The Balaban J connectivity index is 2.02. The van der Waals surface area contributed by atoms with Crippen molar-refractivity contribution in [2.45, 2.75) is 45.6 Å². The fourth-order valence-corrected chi connectivity index (χ4v) is 4.13. The number of aromatic nitrogens is 4. The Labute approximate surface area is 173 Å². The van der Waals surface area contributed by atoms with Crippen molar-refractivity contribution in [3.8, 4) is 27.8 Å². The van der Waals surface area contributed by atoms with E-state index in [0.29, 0.717) is 42.3 Å². The number of nitrogens with zero attached hydrogens (tertiary/aromatic N) is 4. The van der Waals surface area contributed by atoms with Crippen molar-refractivity contribution in [2.75, 3.05) is 19.8 Å². The fourth-order valence-electron chi connectivity index (χ4n) is 2.62. The molecule has 0 aliphatic rings. The Morgan fingerprint density at radius 3 is 2.21 bits per heavy atom. The maximum atomic E-state index is 5.82. The predicted molar refractivity (Wildman–Crippen MR) is 114 cm³/mol. The molecule has 0 radical (unpaired) electrons. The lowest BCUT2D eigenvalue weighted by Crippen LogP contribution is -2.03. The number of thioether (sulfide) groups is 1. The molecule has 0 saturated heterocycles. The molecule has 1 aromatic carbocycles. The summed E-state index contributed by atoms with van der Waals surface area (Å²) in [5, 5.41) is 14.7. The van der Waals surface area contributed by atoms with E-state index in [4.69, 9.17) is 19.3 Å². The molecule has 0 saturated carbocycles. The van der Waals surface area contributed by atoms with E-state index in [1.54, 1.807) is 0 Å². The highest BCUT2D eigenvalue weighted by molar-refractivity contribution is 7.99. The Morgan fingerprint density at radius 1 is 1.00 bits per heavy atom. The van der Waals surface area contributed by atoms with Gasteiger partial charge in [-0.3, -0.25) is 0 Å². The first kappa shape index (κ1) is 20.7. The van der Waals surface area contributed by atoms with E-state index in [1.165, 1.54) is 11.3 Å². The lowest BCUT2D eigenvalue weighted by molar-refractivity contribution is 0.261. The van der Waals surface area contributed by atoms with Crippen LogP contribution in [0.15, 0.2) is 12.1 Å². The lowest BCUT2D eigenvalue weighted by atomic mass is 10.2. The maximum absolute atomic E-state index is 5.82. The molecular formula is C19H26N4O3S2. The quantitative estimate of drug-likeness (QED) is 0.469. The molecule has 0 bridgehead atoms. The summed E-state index contributed by atoms with van der Waals surface area (Å²) >= 11 is 3.31. The van der Waals surface area contributed by atoms with Gasteiger partial charge in [0.2, 0.25) is 10.7 Å². The first-order valence-corrected chi connectivity index (χ1v) is 11.3. The Morgan fingerprint density at radius 2 is 1.64 bits per heavy atom. The number of fused-ring (bicyclic) bond motifs is 1. The fraction of sp³-hybridized carbons (Fsp3) is 0.526.